The number of ether oxygens (including phenoxy) is 2. The summed E-state index contributed by atoms with van der Waals surface area (Å²) in [7, 11) is 0. The van der Waals surface area contributed by atoms with Crippen LogP contribution in [0.4, 0.5) is 0 Å². The molecule has 1 aliphatic heterocycles. The number of hydrogen-bond donors (Lipinski definition) is 2. The van der Waals surface area contributed by atoms with Crippen LogP contribution in [0.5, 0.6) is 5.75 Å². The van der Waals surface area contributed by atoms with Gasteiger partial charge in [-0.2, -0.15) is 0 Å². The minimum Gasteiger partial charge on any atom is -0.494 e. The Morgan fingerprint density at radius 2 is 1.60 bits per heavy atom. The molecule has 6 aliphatic carbocycles. The maximum absolute atomic E-state index is 15.6. The number of esters is 1. The molecule has 0 unspecified atom stereocenters. The lowest BCUT2D eigenvalue weighted by Gasteiger charge is -2.73. The highest BCUT2D eigenvalue weighted by molar-refractivity contribution is 5.85. The van der Waals surface area contributed by atoms with E-state index in [1.807, 2.05) is 39.1 Å². The molecule has 13 atom stereocenters. The molecule has 7 fully saturated rings. The average molecular weight is 850 g/mol. The van der Waals surface area contributed by atoms with Crippen LogP contribution in [-0.2, 0) is 19.1 Å². The highest BCUT2D eigenvalue weighted by Crippen LogP contribution is 2.78. The van der Waals surface area contributed by atoms with E-state index in [1.165, 1.54) is 12.0 Å². The molecule has 2 aromatic rings. The number of carboxylic acids is 1. The van der Waals surface area contributed by atoms with E-state index in [2.05, 4.69) is 70.1 Å². The Morgan fingerprint density at radius 3 is 2.27 bits per heavy atom. The number of aliphatic carboxylic acids is 1. The number of nitrogens with zero attached hydrogens (tertiary/aromatic N) is 2. The van der Waals surface area contributed by atoms with Crippen LogP contribution < -0.4 is 4.74 Å². The van der Waals surface area contributed by atoms with Crippen molar-refractivity contribution in [2.45, 2.75) is 158 Å². The van der Waals surface area contributed by atoms with Crippen molar-refractivity contribution >= 4 is 17.8 Å². The summed E-state index contributed by atoms with van der Waals surface area (Å²) in [5, 5.41) is 9.72. The van der Waals surface area contributed by atoms with Gasteiger partial charge in [0.25, 0.3) is 0 Å². The van der Waals surface area contributed by atoms with Gasteiger partial charge >= 0.3 is 11.9 Å². The van der Waals surface area contributed by atoms with Gasteiger partial charge in [0, 0.05) is 12.0 Å². The van der Waals surface area contributed by atoms with Crippen molar-refractivity contribution in [1.29, 1.82) is 0 Å². The number of H-pyrrole nitrogens is 1. The van der Waals surface area contributed by atoms with Crippen molar-refractivity contribution in [2.75, 3.05) is 13.2 Å². The standard InChI is InChI=1S/C53H75N3O6/c1-11-61-33-16-14-32(15-17-33)38-30-54-44(55-38)39-13-12-28-56(39)47(60)53-25-20-34(31(2)3)43(53)35-18-19-41-50(8)23-22-42(62-46(59)37-29-36(45(57)58)48(37,4)5)49(6,7)40(50)21-24-52(41,10)51(35,9)26-27-53/h14-17,30,34-37,39-43H,2,11-13,18-29H2,1,3-10H3,(H,54,55)(H,57,58)/t34-,35+,36-,37+,39-,40-,41+,42-,43+,50-,51+,52+,53-/m0/s1. The number of nitrogens with one attached hydrogen (secondary N) is 1. The van der Waals surface area contributed by atoms with Crippen LogP contribution in [0, 0.1) is 73.9 Å². The summed E-state index contributed by atoms with van der Waals surface area (Å²) < 4.78 is 12.2. The highest BCUT2D eigenvalue weighted by Gasteiger charge is 2.72. The van der Waals surface area contributed by atoms with Crippen molar-refractivity contribution in [2.24, 2.45) is 73.9 Å². The van der Waals surface area contributed by atoms with E-state index in [4.69, 9.17) is 14.5 Å². The number of carbonyl (C=O) groups excluding carboxylic acids is 2. The number of allylic oxidation sites excluding steroid dienone is 1. The fourth-order valence-corrected chi connectivity index (χ4v) is 16.8. The summed E-state index contributed by atoms with van der Waals surface area (Å²) in [6.45, 7) is 26.6. The first-order chi connectivity index (χ1) is 29.2. The largest absolute Gasteiger partial charge is 0.494 e. The van der Waals surface area contributed by atoms with Gasteiger partial charge in [-0.25, -0.2) is 4.98 Å². The van der Waals surface area contributed by atoms with E-state index >= 15 is 4.79 Å². The fourth-order valence-electron chi connectivity index (χ4n) is 16.8. The predicted octanol–water partition coefficient (Wildman–Crippen LogP) is 11.5. The zero-order valence-electron chi connectivity index (χ0n) is 39.3. The van der Waals surface area contributed by atoms with Crippen LogP contribution >= 0.6 is 0 Å². The molecule has 338 valence electrons. The Kier molecular flexibility index (Phi) is 10.5. The number of fused-ring (bicyclic) bond motifs is 7. The van der Waals surface area contributed by atoms with Crippen LogP contribution in [0.15, 0.2) is 42.6 Å². The number of amides is 1. The molecule has 6 saturated carbocycles. The Morgan fingerprint density at radius 1 is 0.855 bits per heavy atom. The third-order valence-electron chi connectivity index (χ3n) is 20.4. The van der Waals surface area contributed by atoms with Crippen LogP contribution in [0.1, 0.15) is 158 Å². The minimum absolute atomic E-state index is 0.0470. The zero-order chi connectivity index (χ0) is 44.4. The summed E-state index contributed by atoms with van der Waals surface area (Å²) in [5.41, 5.74) is 2.44. The van der Waals surface area contributed by atoms with Gasteiger partial charge in [0.2, 0.25) is 5.91 Å². The molecule has 0 bridgehead atoms. The highest BCUT2D eigenvalue weighted by atomic mass is 16.5. The predicted molar refractivity (Wildman–Crippen MR) is 241 cm³/mol. The fraction of sp³-hybridized carbons (Fsp3) is 0.736. The number of carbonyl (C=O) groups is 3. The molecule has 62 heavy (non-hydrogen) atoms. The molecule has 0 radical (unpaired) electrons. The smallest absolute Gasteiger partial charge is 0.309 e. The number of aromatic nitrogens is 2. The van der Waals surface area contributed by atoms with Gasteiger partial charge in [-0.05, 0) is 178 Å². The maximum atomic E-state index is 15.6. The number of rotatable bonds is 9. The number of benzene rings is 1. The van der Waals surface area contributed by atoms with Crippen LogP contribution in [0.25, 0.3) is 11.3 Å². The summed E-state index contributed by atoms with van der Waals surface area (Å²) in [6.07, 6.45) is 14.5. The van der Waals surface area contributed by atoms with E-state index in [-0.39, 0.29) is 57.0 Å². The van der Waals surface area contributed by atoms with Crippen molar-refractivity contribution in [3.63, 3.8) is 0 Å². The quantitative estimate of drug-likeness (QED) is 0.190. The first-order valence-electron chi connectivity index (χ1n) is 24.4. The second-order valence-corrected chi connectivity index (χ2v) is 23.4. The summed E-state index contributed by atoms with van der Waals surface area (Å²) in [4.78, 5) is 52.0. The summed E-state index contributed by atoms with van der Waals surface area (Å²) in [5.74, 6) is 2.28. The molecule has 9 heteroatoms. The first kappa shape index (κ1) is 43.6. The van der Waals surface area contributed by atoms with Gasteiger partial charge in [0.15, 0.2) is 0 Å². The molecule has 9 rings (SSSR count). The van der Waals surface area contributed by atoms with Crippen LogP contribution in [-0.4, -0.2) is 57.1 Å². The first-order valence-corrected chi connectivity index (χ1v) is 24.4. The van der Waals surface area contributed by atoms with E-state index < -0.39 is 17.3 Å². The topological polar surface area (TPSA) is 122 Å². The van der Waals surface area contributed by atoms with Gasteiger partial charge in [-0.15, -0.1) is 0 Å². The van der Waals surface area contributed by atoms with Gasteiger partial charge < -0.3 is 24.5 Å². The SMILES string of the molecule is C=C(C)[C@@H]1CC[C@]2(C(=O)N3CCC[C@H]3c3ncc(-c4ccc(OCC)cc4)[nH]3)CC[C@]3(C)[C@H](CC[C@@H]4[C@@]5(C)CC[C@H](OC(=O)[C@H]6C[C@@H](C(=O)O)C6(C)C)C(C)(C)[C@@H]5CC[C@]43C)[C@@H]12. The number of carboxylic acid groups (broad SMARTS) is 1. The number of imidazole rings is 1. The van der Waals surface area contributed by atoms with Crippen LogP contribution in [0.2, 0.25) is 0 Å². The lowest BCUT2D eigenvalue weighted by molar-refractivity contribution is -0.251. The second-order valence-electron chi connectivity index (χ2n) is 23.4. The summed E-state index contributed by atoms with van der Waals surface area (Å²) >= 11 is 0. The molecular formula is C53H75N3O6. The van der Waals surface area contributed by atoms with Crippen molar-refractivity contribution in [3.05, 3.63) is 48.4 Å². The van der Waals surface area contributed by atoms with Crippen molar-refractivity contribution < 1.29 is 29.0 Å². The van der Waals surface area contributed by atoms with E-state index in [0.29, 0.717) is 42.6 Å². The molecule has 2 N–H and O–H groups in total. The lowest BCUT2D eigenvalue weighted by atomic mass is 9.32. The van der Waals surface area contributed by atoms with Crippen molar-refractivity contribution in [1.82, 2.24) is 14.9 Å². The Balaban J connectivity index is 0.955. The molecule has 0 spiro atoms. The minimum atomic E-state index is -0.819. The number of aromatic amines is 1. The third kappa shape index (κ3) is 6.17. The van der Waals surface area contributed by atoms with E-state index in [9.17, 15) is 14.7 Å². The second kappa shape index (κ2) is 15.0. The normalized spacial score (nSPS) is 41.4. The van der Waals surface area contributed by atoms with E-state index in [0.717, 1.165) is 100 Å². The molecule has 2 heterocycles. The van der Waals surface area contributed by atoms with Crippen LogP contribution in [0.3, 0.4) is 0 Å². The molecule has 1 amide bonds. The van der Waals surface area contributed by atoms with Gasteiger partial charge in [-0.3, -0.25) is 14.4 Å². The Hall–Kier alpha value is -3.62. The van der Waals surface area contributed by atoms with Crippen molar-refractivity contribution in [3.8, 4) is 17.0 Å². The number of hydrogen-bond acceptors (Lipinski definition) is 6. The monoisotopic (exact) mass is 850 g/mol. The van der Waals surface area contributed by atoms with Gasteiger partial charge in [0.05, 0.1) is 41.8 Å². The molecule has 7 aliphatic rings. The van der Waals surface area contributed by atoms with Gasteiger partial charge in [-0.1, -0.05) is 60.6 Å². The Labute approximate surface area is 371 Å². The Bertz CT molecular complexity index is 2110. The number of likely N-dealkylation sites (tertiary alicyclic amines) is 1. The van der Waals surface area contributed by atoms with E-state index in [1.54, 1.807) is 0 Å². The average Bonchev–Trinajstić information content (AvgIpc) is 3.99. The maximum Gasteiger partial charge on any atom is 0.309 e. The summed E-state index contributed by atoms with van der Waals surface area (Å²) in [6, 6.07) is 8.10. The molecule has 1 saturated heterocycles. The zero-order valence-corrected chi connectivity index (χ0v) is 39.3. The molecular weight excluding hydrogens is 775 g/mol. The lowest BCUT2D eigenvalue weighted by Crippen LogP contribution is -2.67. The van der Waals surface area contributed by atoms with Gasteiger partial charge in [0.1, 0.15) is 17.7 Å². The molecule has 1 aromatic heterocycles. The molecule has 9 nitrogen and oxygen atoms in total. The third-order valence-corrected chi connectivity index (χ3v) is 20.4. The molecule has 1 aromatic carbocycles.